The van der Waals surface area contributed by atoms with Crippen LogP contribution in [-0.2, 0) is 20.8 Å². The van der Waals surface area contributed by atoms with Gasteiger partial charge >= 0.3 is 0 Å². The Bertz CT molecular complexity index is 588. The van der Waals surface area contributed by atoms with E-state index >= 15 is 0 Å². The highest BCUT2D eigenvalue weighted by atomic mass is 19.1. The number of carbonyl (C=O) groups is 1. The van der Waals surface area contributed by atoms with Crippen LogP contribution in [0.1, 0.15) is 18.4 Å². The van der Waals surface area contributed by atoms with E-state index in [2.05, 4.69) is 4.90 Å². The van der Waals surface area contributed by atoms with Crippen LogP contribution in [0.15, 0.2) is 24.3 Å². The van der Waals surface area contributed by atoms with Gasteiger partial charge in [-0.3, -0.25) is 9.69 Å². The Hall–Kier alpha value is -1.50. The number of nitrogens with zero attached hydrogens (tertiary/aromatic N) is 2. The van der Waals surface area contributed by atoms with Gasteiger partial charge in [0.05, 0.1) is 12.1 Å². The van der Waals surface area contributed by atoms with Crippen molar-refractivity contribution in [2.75, 3.05) is 32.9 Å². The van der Waals surface area contributed by atoms with Crippen LogP contribution < -0.4 is 0 Å². The van der Waals surface area contributed by atoms with Crippen LogP contribution in [0, 0.1) is 5.82 Å². The summed E-state index contributed by atoms with van der Waals surface area (Å²) in [5, 5.41) is 0. The molecule has 2 unspecified atom stereocenters. The first-order valence-electron chi connectivity index (χ1n) is 8.68. The Morgan fingerprint density at radius 1 is 1.12 bits per heavy atom. The number of ether oxygens (including phenoxy) is 2. The van der Waals surface area contributed by atoms with Crippen molar-refractivity contribution in [2.45, 2.75) is 37.6 Å². The van der Waals surface area contributed by atoms with Crippen LogP contribution in [0.25, 0.3) is 0 Å². The van der Waals surface area contributed by atoms with E-state index in [9.17, 15) is 9.18 Å². The Balaban J connectivity index is 1.47. The highest BCUT2D eigenvalue weighted by Gasteiger charge is 2.44. The molecule has 4 rings (SSSR count). The predicted octanol–water partition coefficient (Wildman–Crippen LogP) is 1.42. The third-order valence-corrected chi connectivity index (χ3v) is 5.38. The quantitative estimate of drug-likeness (QED) is 0.838. The fourth-order valence-corrected chi connectivity index (χ4v) is 4.03. The van der Waals surface area contributed by atoms with E-state index in [0.29, 0.717) is 12.6 Å². The standard InChI is InChI=1S/C18H23FN2O3/c19-14-3-1-13(2-4-14)9-21-16-10-20(15-5-7-23-8-6-15)11-17(16)24-12-18(21)22/h1-4,15-17H,5-12H2. The summed E-state index contributed by atoms with van der Waals surface area (Å²) in [6, 6.07) is 6.99. The zero-order valence-corrected chi connectivity index (χ0v) is 13.7. The van der Waals surface area contributed by atoms with Gasteiger partial charge in [-0.15, -0.1) is 0 Å². The van der Waals surface area contributed by atoms with Gasteiger partial charge < -0.3 is 14.4 Å². The van der Waals surface area contributed by atoms with Crippen molar-refractivity contribution in [1.82, 2.24) is 9.80 Å². The van der Waals surface area contributed by atoms with E-state index in [0.717, 1.165) is 44.7 Å². The highest BCUT2D eigenvalue weighted by molar-refractivity contribution is 5.78. The molecule has 3 aliphatic heterocycles. The third-order valence-electron chi connectivity index (χ3n) is 5.38. The van der Waals surface area contributed by atoms with Crippen LogP contribution in [0.5, 0.6) is 0 Å². The molecule has 3 fully saturated rings. The third kappa shape index (κ3) is 3.18. The smallest absolute Gasteiger partial charge is 0.249 e. The number of hydrogen-bond donors (Lipinski definition) is 0. The first kappa shape index (κ1) is 16.0. The molecule has 1 aromatic carbocycles. The SMILES string of the molecule is O=C1COC2CN(C3CCOCC3)CC2N1Cc1ccc(F)cc1. The molecule has 2 atom stereocenters. The maximum Gasteiger partial charge on any atom is 0.249 e. The maximum absolute atomic E-state index is 13.1. The lowest BCUT2D eigenvalue weighted by molar-refractivity contribution is -0.153. The molecule has 3 aliphatic rings. The average molecular weight is 334 g/mol. The summed E-state index contributed by atoms with van der Waals surface area (Å²) in [6.07, 6.45) is 2.17. The van der Waals surface area contributed by atoms with E-state index in [1.54, 1.807) is 12.1 Å². The fourth-order valence-electron chi connectivity index (χ4n) is 4.03. The van der Waals surface area contributed by atoms with Crippen LogP contribution in [0.4, 0.5) is 4.39 Å². The summed E-state index contributed by atoms with van der Waals surface area (Å²) < 4.78 is 24.3. The maximum atomic E-state index is 13.1. The van der Waals surface area contributed by atoms with Crippen LogP contribution in [-0.4, -0.2) is 66.8 Å². The summed E-state index contributed by atoms with van der Waals surface area (Å²) >= 11 is 0. The van der Waals surface area contributed by atoms with Gasteiger partial charge in [-0.25, -0.2) is 4.39 Å². The second kappa shape index (κ2) is 6.78. The van der Waals surface area contributed by atoms with Crippen LogP contribution in [0.3, 0.4) is 0 Å². The van der Waals surface area contributed by atoms with Gasteiger partial charge in [-0.05, 0) is 30.5 Å². The number of amides is 1. The minimum Gasteiger partial charge on any atom is -0.381 e. The summed E-state index contributed by atoms with van der Waals surface area (Å²) in [7, 11) is 0. The average Bonchev–Trinajstić information content (AvgIpc) is 3.05. The van der Waals surface area contributed by atoms with Crippen molar-refractivity contribution in [3.63, 3.8) is 0 Å². The van der Waals surface area contributed by atoms with Crippen molar-refractivity contribution in [2.24, 2.45) is 0 Å². The lowest BCUT2D eigenvalue weighted by Gasteiger charge is -2.37. The van der Waals surface area contributed by atoms with Crippen molar-refractivity contribution < 1.29 is 18.7 Å². The number of benzene rings is 1. The molecule has 0 aromatic heterocycles. The second-order valence-corrected chi connectivity index (χ2v) is 6.86. The molecule has 0 radical (unpaired) electrons. The minimum atomic E-state index is -0.253. The van der Waals surface area contributed by atoms with Gasteiger partial charge in [0, 0.05) is 38.9 Å². The summed E-state index contributed by atoms with van der Waals surface area (Å²) in [6.45, 7) is 4.02. The Labute approximate surface area is 141 Å². The molecule has 0 spiro atoms. The Morgan fingerprint density at radius 3 is 2.62 bits per heavy atom. The molecule has 24 heavy (non-hydrogen) atoms. The van der Waals surface area contributed by atoms with E-state index in [4.69, 9.17) is 9.47 Å². The van der Waals surface area contributed by atoms with Crippen molar-refractivity contribution in [3.8, 4) is 0 Å². The monoisotopic (exact) mass is 334 g/mol. The second-order valence-electron chi connectivity index (χ2n) is 6.86. The fraction of sp³-hybridized carbons (Fsp3) is 0.611. The van der Waals surface area contributed by atoms with Gasteiger partial charge in [-0.2, -0.15) is 0 Å². The topological polar surface area (TPSA) is 42.0 Å². The predicted molar refractivity (Wildman–Crippen MR) is 85.9 cm³/mol. The molecule has 5 nitrogen and oxygen atoms in total. The van der Waals surface area contributed by atoms with Crippen molar-refractivity contribution in [1.29, 1.82) is 0 Å². The number of carbonyl (C=O) groups excluding carboxylic acids is 1. The lowest BCUT2D eigenvalue weighted by Crippen LogP contribution is -2.53. The van der Waals surface area contributed by atoms with E-state index in [1.165, 1.54) is 12.1 Å². The molecule has 3 saturated heterocycles. The lowest BCUT2D eigenvalue weighted by atomic mass is 10.1. The molecular weight excluding hydrogens is 311 g/mol. The highest BCUT2D eigenvalue weighted by Crippen LogP contribution is 2.28. The van der Waals surface area contributed by atoms with Gasteiger partial charge in [0.2, 0.25) is 5.91 Å². The Morgan fingerprint density at radius 2 is 1.88 bits per heavy atom. The van der Waals surface area contributed by atoms with Gasteiger partial charge in [0.25, 0.3) is 0 Å². The number of halogens is 1. The van der Waals surface area contributed by atoms with Crippen molar-refractivity contribution in [3.05, 3.63) is 35.6 Å². The number of fused-ring (bicyclic) bond motifs is 1. The van der Waals surface area contributed by atoms with Gasteiger partial charge in [0.15, 0.2) is 0 Å². The molecule has 0 aliphatic carbocycles. The zero-order chi connectivity index (χ0) is 16.5. The zero-order valence-electron chi connectivity index (χ0n) is 13.7. The van der Waals surface area contributed by atoms with E-state index in [-0.39, 0.29) is 30.5 Å². The number of hydrogen-bond acceptors (Lipinski definition) is 4. The minimum absolute atomic E-state index is 0.0226. The molecule has 1 aromatic rings. The molecule has 0 N–H and O–H groups in total. The number of morpholine rings is 1. The summed E-state index contributed by atoms with van der Waals surface area (Å²) in [4.78, 5) is 16.7. The number of rotatable bonds is 3. The summed E-state index contributed by atoms with van der Waals surface area (Å²) in [5.74, 6) is -0.231. The normalized spacial score (nSPS) is 29.0. The molecule has 1 amide bonds. The van der Waals surface area contributed by atoms with E-state index < -0.39 is 0 Å². The molecule has 130 valence electrons. The molecule has 3 heterocycles. The van der Waals surface area contributed by atoms with E-state index in [1.807, 2.05) is 4.90 Å². The van der Waals surface area contributed by atoms with Gasteiger partial charge in [0.1, 0.15) is 12.4 Å². The molecule has 0 saturated carbocycles. The first-order valence-corrected chi connectivity index (χ1v) is 8.68. The molecular formula is C18H23FN2O3. The molecule has 0 bridgehead atoms. The number of likely N-dealkylation sites (tertiary alicyclic amines) is 1. The van der Waals surface area contributed by atoms with Crippen LogP contribution >= 0.6 is 0 Å². The first-order chi connectivity index (χ1) is 11.7. The Kier molecular flexibility index (Phi) is 4.52. The van der Waals surface area contributed by atoms with Gasteiger partial charge in [-0.1, -0.05) is 12.1 Å². The largest absolute Gasteiger partial charge is 0.381 e. The van der Waals surface area contributed by atoms with Crippen LogP contribution in [0.2, 0.25) is 0 Å². The molecule has 6 heteroatoms. The summed E-state index contributed by atoms with van der Waals surface area (Å²) in [5.41, 5.74) is 0.954. The van der Waals surface area contributed by atoms with Crippen molar-refractivity contribution >= 4 is 5.91 Å².